The van der Waals surface area contributed by atoms with Gasteiger partial charge in [-0.3, -0.25) is 0 Å². The van der Waals surface area contributed by atoms with Gasteiger partial charge in [0, 0.05) is 13.6 Å². The maximum atomic E-state index is 12.2. The van der Waals surface area contributed by atoms with Crippen LogP contribution in [-0.4, -0.2) is 31.4 Å². The zero-order valence-electron chi connectivity index (χ0n) is 11.2. The molecule has 0 spiro atoms. The van der Waals surface area contributed by atoms with Crippen molar-refractivity contribution in [1.29, 1.82) is 0 Å². The fourth-order valence-corrected chi connectivity index (χ4v) is 3.55. The van der Waals surface area contributed by atoms with E-state index in [1.54, 1.807) is 31.3 Å². The molecule has 1 fully saturated rings. The van der Waals surface area contributed by atoms with E-state index in [9.17, 15) is 8.42 Å². The lowest BCUT2D eigenvalue weighted by molar-refractivity contribution is 0.263. The molecule has 0 radical (unpaired) electrons. The van der Waals surface area contributed by atoms with Crippen LogP contribution in [0.15, 0.2) is 24.3 Å². The Bertz CT molecular complexity index is 523. The Labute approximate surface area is 115 Å². The molecule has 0 bridgehead atoms. The van der Waals surface area contributed by atoms with E-state index in [1.165, 1.54) is 10.7 Å². The highest BCUT2D eigenvalue weighted by Gasteiger charge is 2.25. The van der Waals surface area contributed by atoms with Gasteiger partial charge in [0.25, 0.3) is 0 Å². The lowest BCUT2D eigenvalue weighted by atomic mass is 9.86. The minimum Gasteiger partial charge on any atom is -0.392 e. The average Bonchev–Trinajstić information content (AvgIpc) is 2.33. The van der Waals surface area contributed by atoms with Gasteiger partial charge < -0.3 is 5.11 Å². The number of nitrogens with zero attached hydrogens (tertiary/aromatic N) is 1. The number of sulfonamides is 1. The van der Waals surface area contributed by atoms with E-state index in [1.807, 2.05) is 0 Å². The highest BCUT2D eigenvalue weighted by Crippen LogP contribution is 2.27. The van der Waals surface area contributed by atoms with Gasteiger partial charge in [-0.2, -0.15) is 0 Å². The predicted molar refractivity (Wildman–Crippen MR) is 75.0 cm³/mol. The molecule has 1 aliphatic rings. The third-order valence-electron chi connectivity index (χ3n) is 3.74. The van der Waals surface area contributed by atoms with Crippen molar-refractivity contribution in [3.05, 3.63) is 35.4 Å². The summed E-state index contributed by atoms with van der Waals surface area (Å²) < 4.78 is 26.0. The van der Waals surface area contributed by atoms with E-state index in [0.717, 1.165) is 24.0 Å². The van der Waals surface area contributed by atoms with Crippen LogP contribution in [0.3, 0.4) is 0 Å². The van der Waals surface area contributed by atoms with Crippen molar-refractivity contribution in [2.75, 3.05) is 13.6 Å². The maximum Gasteiger partial charge on any atom is 0.218 e. The van der Waals surface area contributed by atoms with Gasteiger partial charge in [-0.05, 0) is 29.9 Å². The van der Waals surface area contributed by atoms with Gasteiger partial charge in [0.05, 0.1) is 12.4 Å². The molecule has 1 saturated carbocycles. The number of aliphatic hydroxyl groups excluding tert-OH is 1. The number of rotatable bonds is 6. The average molecular weight is 283 g/mol. The summed E-state index contributed by atoms with van der Waals surface area (Å²) >= 11 is 0. The summed E-state index contributed by atoms with van der Waals surface area (Å²) in [4.78, 5) is 0. The minimum absolute atomic E-state index is 0.00403. The van der Waals surface area contributed by atoms with Crippen LogP contribution in [0.1, 0.15) is 30.4 Å². The molecule has 0 unspecified atom stereocenters. The molecule has 1 aromatic rings. The lowest BCUT2D eigenvalue weighted by Gasteiger charge is -2.29. The number of hydrogen-bond donors (Lipinski definition) is 1. The summed E-state index contributed by atoms with van der Waals surface area (Å²) in [5.74, 6) is 0.535. The molecule has 0 aliphatic heterocycles. The van der Waals surface area contributed by atoms with E-state index in [4.69, 9.17) is 5.11 Å². The fraction of sp³-hybridized carbons (Fsp3) is 0.571. The van der Waals surface area contributed by atoms with Crippen LogP contribution in [-0.2, 0) is 22.4 Å². The maximum absolute atomic E-state index is 12.2. The second-order valence-corrected chi connectivity index (χ2v) is 7.39. The summed E-state index contributed by atoms with van der Waals surface area (Å²) in [5.41, 5.74) is 1.47. The van der Waals surface area contributed by atoms with Gasteiger partial charge in [-0.1, -0.05) is 30.7 Å². The van der Waals surface area contributed by atoms with Crippen LogP contribution in [0.4, 0.5) is 0 Å². The Morgan fingerprint density at radius 1 is 1.32 bits per heavy atom. The summed E-state index contributed by atoms with van der Waals surface area (Å²) in [5, 5.41) is 9.07. The van der Waals surface area contributed by atoms with Crippen molar-refractivity contribution >= 4 is 10.0 Å². The molecule has 1 N–H and O–H groups in total. The molecule has 1 aliphatic carbocycles. The van der Waals surface area contributed by atoms with Crippen molar-refractivity contribution in [1.82, 2.24) is 4.31 Å². The highest BCUT2D eigenvalue weighted by atomic mass is 32.2. The van der Waals surface area contributed by atoms with Crippen LogP contribution < -0.4 is 0 Å². The van der Waals surface area contributed by atoms with E-state index in [-0.39, 0.29) is 12.4 Å². The molecule has 4 nitrogen and oxygen atoms in total. The third-order valence-corrected chi connectivity index (χ3v) is 5.53. The first-order valence-corrected chi connectivity index (χ1v) is 8.25. The summed E-state index contributed by atoms with van der Waals surface area (Å²) in [7, 11) is -1.60. The molecule has 106 valence electrons. The van der Waals surface area contributed by atoms with Gasteiger partial charge in [0.1, 0.15) is 0 Å². The Morgan fingerprint density at radius 2 is 2.00 bits per heavy atom. The molecule has 0 aromatic heterocycles. The van der Waals surface area contributed by atoms with E-state index < -0.39 is 10.0 Å². The van der Waals surface area contributed by atoms with Gasteiger partial charge in [0.15, 0.2) is 0 Å². The smallest absolute Gasteiger partial charge is 0.218 e. The Balaban J connectivity index is 2.02. The van der Waals surface area contributed by atoms with Crippen molar-refractivity contribution in [3.63, 3.8) is 0 Å². The van der Waals surface area contributed by atoms with Crippen molar-refractivity contribution in [2.45, 2.75) is 31.6 Å². The van der Waals surface area contributed by atoms with Crippen LogP contribution >= 0.6 is 0 Å². The van der Waals surface area contributed by atoms with Gasteiger partial charge in [-0.25, -0.2) is 12.7 Å². The van der Waals surface area contributed by atoms with Gasteiger partial charge in [-0.15, -0.1) is 0 Å². The summed E-state index contributed by atoms with van der Waals surface area (Å²) in [6, 6.07) is 7.10. The topological polar surface area (TPSA) is 57.6 Å². The zero-order chi connectivity index (χ0) is 13.9. The summed E-state index contributed by atoms with van der Waals surface area (Å²) in [6.07, 6.45) is 3.50. The Kier molecular flexibility index (Phi) is 4.60. The molecule has 5 heteroatoms. The standard InChI is InChI=1S/C14H21NO3S/c1-15(9-12-4-2-5-12)19(17,18)11-14-7-3-6-13(8-14)10-16/h3,6-8,12,16H,2,4-5,9-11H2,1H3. The van der Waals surface area contributed by atoms with E-state index in [0.29, 0.717) is 12.5 Å². The summed E-state index contributed by atoms with van der Waals surface area (Å²) in [6.45, 7) is 0.563. The first-order chi connectivity index (χ1) is 9.01. The quantitative estimate of drug-likeness (QED) is 0.865. The first kappa shape index (κ1) is 14.5. The predicted octanol–water partition coefficient (Wildman–Crippen LogP) is 1.74. The molecule has 0 atom stereocenters. The van der Waals surface area contributed by atoms with E-state index >= 15 is 0 Å². The normalized spacial score (nSPS) is 16.6. The van der Waals surface area contributed by atoms with Gasteiger partial charge in [0.2, 0.25) is 10.0 Å². The Morgan fingerprint density at radius 3 is 2.58 bits per heavy atom. The van der Waals surface area contributed by atoms with Crippen LogP contribution in [0.5, 0.6) is 0 Å². The zero-order valence-corrected chi connectivity index (χ0v) is 12.1. The second kappa shape index (κ2) is 6.03. The molecule has 0 amide bonds. The molecule has 0 saturated heterocycles. The van der Waals surface area contributed by atoms with Crippen LogP contribution in [0, 0.1) is 5.92 Å². The SMILES string of the molecule is CN(CC1CCC1)S(=O)(=O)Cc1cccc(CO)c1. The molecule has 0 heterocycles. The number of hydrogen-bond acceptors (Lipinski definition) is 3. The monoisotopic (exact) mass is 283 g/mol. The van der Waals surface area contributed by atoms with Gasteiger partial charge >= 0.3 is 0 Å². The molecule has 1 aromatic carbocycles. The van der Waals surface area contributed by atoms with Crippen molar-refractivity contribution in [3.8, 4) is 0 Å². The van der Waals surface area contributed by atoms with E-state index in [2.05, 4.69) is 0 Å². The van der Waals surface area contributed by atoms with Crippen LogP contribution in [0.25, 0.3) is 0 Å². The fourth-order valence-electron chi connectivity index (χ4n) is 2.29. The number of aliphatic hydroxyl groups is 1. The number of benzene rings is 1. The van der Waals surface area contributed by atoms with Crippen molar-refractivity contribution in [2.24, 2.45) is 5.92 Å². The Hall–Kier alpha value is -0.910. The lowest BCUT2D eigenvalue weighted by Crippen LogP contribution is -2.35. The van der Waals surface area contributed by atoms with Crippen LogP contribution in [0.2, 0.25) is 0 Å². The minimum atomic E-state index is -3.26. The molecule has 2 rings (SSSR count). The second-order valence-electron chi connectivity index (χ2n) is 5.31. The molecular formula is C14H21NO3S. The molecule has 19 heavy (non-hydrogen) atoms. The first-order valence-electron chi connectivity index (χ1n) is 6.64. The largest absolute Gasteiger partial charge is 0.392 e. The molecular weight excluding hydrogens is 262 g/mol. The highest BCUT2D eigenvalue weighted by molar-refractivity contribution is 7.88. The third kappa shape index (κ3) is 3.78. The van der Waals surface area contributed by atoms with Crippen molar-refractivity contribution < 1.29 is 13.5 Å².